The van der Waals surface area contributed by atoms with E-state index in [-0.39, 0.29) is 0 Å². The van der Waals surface area contributed by atoms with Crippen LogP contribution in [0.25, 0.3) is 22.3 Å². The lowest BCUT2D eigenvalue weighted by Crippen LogP contribution is -2.44. The van der Waals surface area contributed by atoms with E-state index in [4.69, 9.17) is 24.7 Å². The number of aromatic nitrogens is 4. The predicted octanol–water partition coefficient (Wildman–Crippen LogP) is 3.80. The quantitative estimate of drug-likeness (QED) is 0.661. The summed E-state index contributed by atoms with van der Waals surface area (Å²) in [6.45, 7) is 3.00. The second kappa shape index (κ2) is 7.80. The zero-order valence-electron chi connectivity index (χ0n) is 18.8. The van der Waals surface area contributed by atoms with Crippen LogP contribution in [-0.4, -0.2) is 64.2 Å². The highest BCUT2D eigenvalue weighted by Gasteiger charge is 2.45. The Labute approximate surface area is 193 Å². The molecule has 170 valence electrons. The Balaban J connectivity index is 1.38. The maximum absolute atomic E-state index is 5.59. The molecule has 1 aromatic carbocycles. The molecule has 0 radical (unpaired) electrons. The summed E-state index contributed by atoms with van der Waals surface area (Å²) in [6, 6.07) is 9.14. The van der Waals surface area contributed by atoms with Crippen molar-refractivity contribution in [3.8, 4) is 11.4 Å². The van der Waals surface area contributed by atoms with Crippen molar-refractivity contribution in [1.29, 1.82) is 0 Å². The van der Waals surface area contributed by atoms with Crippen molar-refractivity contribution in [3.05, 3.63) is 30.5 Å². The van der Waals surface area contributed by atoms with Gasteiger partial charge < -0.3 is 14.6 Å². The van der Waals surface area contributed by atoms with E-state index in [1.54, 1.807) is 0 Å². The summed E-state index contributed by atoms with van der Waals surface area (Å²) in [5.41, 5.74) is 2.13. The number of aromatic amines is 1. The molecule has 0 amide bonds. The third-order valence-electron chi connectivity index (χ3n) is 7.47. The molecule has 2 aromatic heterocycles. The minimum Gasteiger partial charge on any atom is -0.378 e. The first-order valence-corrected chi connectivity index (χ1v) is 12.4. The maximum Gasteiger partial charge on any atom is 0.236 e. The fourth-order valence-electron chi connectivity index (χ4n) is 5.61. The van der Waals surface area contributed by atoms with Crippen molar-refractivity contribution in [2.75, 3.05) is 36.1 Å². The Morgan fingerprint density at radius 2 is 1.76 bits per heavy atom. The van der Waals surface area contributed by atoms with Gasteiger partial charge in [0.1, 0.15) is 5.84 Å². The van der Waals surface area contributed by atoms with Gasteiger partial charge in [0.05, 0.1) is 25.3 Å². The topological polar surface area (TPSA) is 82.5 Å². The van der Waals surface area contributed by atoms with Crippen LogP contribution in [0.3, 0.4) is 0 Å². The monoisotopic (exact) mass is 443 g/mol. The number of fused-ring (bicyclic) bond motifs is 2. The van der Waals surface area contributed by atoms with Crippen LogP contribution < -0.4 is 9.80 Å². The number of rotatable bonds is 4. The van der Waals surface area contributed by atoms with Crippen LogP contribution in [0.5, 0.6) is 0 Å². The summed E-state index contributed by atoms with van der Waals surface area (Å²) in [5, 5.41) is 1.13. The Hall–Kier alpha value is -3.00. The Bertz CT molecular complexity index is 1210. The van der Waals surface area contributed by atoms with Crippen LogP contribution in [0.1, 0.15) is 38.5 Å². The van der Waals surface area contributed by atoms with E-state index in [1.165, 1.54) is 37.9 Å². The Morgan fingerprint density at radius 3 is 2.64 bits per heavy atom. The number of nitrogens with one attached hydrogen (secondary N) is 1. The average Bonchev–Trinajstić information content (AvgIpc) is 3.47. The van der Waals surface area contributed by atoms with Gasteiger partial charge in [0.25, 0.3) is 0 Å². The number of anilines is 2. The minimum atomic E-state index is 0.380. The second-order valence-electron chi connectivity index (χ2n) is 9.65. The molecule has 1 saturated heterocycles. The summed E-state index contributed by atoms with van der Waals surface area (Å²) in [6.07, 6.45) is 9.29. The van der Waals surface area contributed by atoms with E-state index >= 15 is 0 Å². The van der Waals surface area contributed by atoms with E-state index in [0.717, 1.165) is 53.7 Å². The van der Waals surface area contributed by atoms with Crippen molar-refractivity contribution in [3.63, 3.8) is 0 Å². The van der Waals surface area contributed by atoms with Crippen LogP contribution in [0, 0.1) is 5.92 Å². The first-order valence-electron chi connectivity index (χ1n) is 12.4. The van der Waals surface area contributed by atoms with E-state index in [0.29, 0.717) is 31.2 Å². The molecular weight excluding hydrogens is 414 g/mol. The highest BCUT2D eigenvalue weighted by Crippen LogP contribution is 2.42. The molecule has 2 saturated carbocycles. The Morgan fingerprint density at radius 1 is 0.909 bits per heavy atom. The molecule has 2 unspecified atom stereocenters. The van der Waals surface area contributed by atoms with Gasteiger partial charge in [-0.1, -0.05) is 25.0 Å². The molecule has 7 rings (SSSR count). The fraction of sp³-hybridized carbons (Fsp3) is 0.520. The number of H-pyrrole nitrogens is 1. The molecule has 3 aromatic rings. The Kier molecular flexibility index (Phi) is 4.60. The largest absolute Gasteiger partial charge is 0.378 e. The molecule has 1 N–H and O–H groups in total. The van der Waals surface area contributed by atoms with E-state index in [1.807, 2.05) is 6.20 Å². The molecule has 0 spiro atoms. The smallest absolute Gasteiger partial charge is 0.236 e. The summed E-state index contributed by atoms with van der Waals surface area (Å²) in [4.78, 5) is 28.3. The van der Waals surface area contributed by atoms with Crippen molar-refractivity contribution in [2.24, 2.45) is 10.9 Å². The van der Waals surface area contributed by atoms with Crippen molar-refractivity contribution >= 4 is 28.6 Å². The van der Waals surface area contributed by atoms with Crippen LogP contribution >= 0.6 is 0 Å². The summed E-state index contributed by atoms with van der Waals surface area (Å²) in [7, 11) is 0. The first kappa shape index (κ1) is 19.5. The number of aliphatic imine (C=N–C) groups is 1. The van der Waals surface area contributed by atoms with Gasteiger partial charge in [-0.25, -0.2) is 0 Å². The van der Waals surface area contributed by atoms with Crippen molar-refractivity contribution < 1.29 is 4.74 Å². The second-order valence-corrected chi connectivity index (χ2v) is 9.65. The molecule has 8 nitrogen and oxygen atoms in total. The molecule has 4 heterocycles. The lowest BCUT2D eigenvalue weighted by Gasteiger charge is -2.33. The molecule has 33 heavy (non-hydrogen) atoms. The van der Waals surface area contributed by atoms with Crippen LogP contribution in [0.2, 0.25) is 0 Å². The average molecular weight is 444 g/mol. The van der Waals surface area contributed by atoms with Gasteiger partial charge in [-0.05, 0) is 37.8 Å². The zero-order chi connectivity index (χ0) is 21.8. The highest BCUT2D eigenvalue weighted by molar-refractivity contribution is 6.02. The highest BCUT2D eigenvalue weighted by atomic mass is 16.5. The lowest BCUT2D eigenvalue weighted by atomic mass is 9.91. The van der Waals surface area contributed by atoms with Crippen LogP contribution in [0.15, 0.2) is 35.5 Å². The predicted molar refractivity (Wildman–Crippen MR) is 129 cm³/mol. The van der Waals surface area contributed by atoms with Gasteiger partial charge in [0, 0.05) is 41.7 Å². The number of hydrogen-bond donors (Lipinski definition) is 1. The third kappa shape index (κ3) is 3.39. The SMILES string of the molecule is c1cc(-c2nc(N3CCOCC3)nc(N3C(C4CC4)=NC4CCCCC43)n2)c2cc[nH]c2c1. The molecule has 0 bridgehead atoms. The van der Waals surface area contributed by atoms with Gasteiger partial charge in [-0.15, -0.1) is 0 Å². The summed E-state index contributed by atoms with van der Waals surface area (Å²) >= 11 is 0. The fourth-order valence-corrected chi connectivity index (χ4v) is 5.61. The molecule has 2 atom stereocenters. The number of morpholine rings is 1. The molecular formula is C25H29N7O. The molecule has 4 aliphatic rings. The normalized spacial score (nSPS) is 25.4. The molecule has 3 fully saturated rings. The maximum atomic E-state index is 5.59. The van der Waals surface area contributed by atoms with Crippen molar-refractivity contribution in [2.45, 2.75) is 50.6 Å². The van der Waals surface area contributed by atoms with Gasteiger partial charge in [0.15, 0.2) is 5.82 Å². The summed E-state index contributed by atoms with van der Waals surface area (Å²) in [5.74, 6) is 4.04. The van der Waals surface area contributed by atoms with Crippen LogP contribution in [0.4, 0.5) is 11.9 Å². The lowest BCUT2D eigenvalue weighted by molar-refractivity contribution is 0.122. The van der Waals surface area contributed by atoms with Gasteiger partial charge in [-0.2, -0.15) is 15.0 Å². The summed E-state index contributed by atoms with van der Waals surface area (Å²) < 4.78 is 5.59. The number of hydrogen-bond acceptors (Lipinski definition) is 7. The molecule has 2 aliphatic carbocycles. The third-order valence-corrected chi connectivity index (χ3v) is 7.47. The number of benzene rings is 1. The van der Waals surface area contributed by atoms with Gasteiger partial charge in [0.2, 0.25) is 11.9 Å². The van der Waals surface area contributed by atoms with Gasteiger partial charge >= 0.3 is 0 Å². The number of amidine groups is 1. The minimum absolute atomic E-state index is 0.380. The molecule has 8 heteroatoms. The van der Waals surface area contributed by atoms with Gasteiger partial charge in [-0.3, -0.25) is 9.89 Å². The van der Waals surface area contributed by atoms with E-state index in [2.05, 4.69) is 39.0 Å². The van der Waals surface area contributed by atoms with Crippen molar-refractivity contribution in [1.82, 2.24) is 19.9 Å². The van der Waals surface area contributed by atoms with Crippen LogP contribution in [-0.2, 0) is 4.74 Å². The standard InChI is InChI=1S/C25H29N7O/c1-2-7-21-20(5-1)27-23(16-8-9-16)32(21)25-29-22(18-4-3-6-19-17(18)10-11-26-19)28-24(30-25)31-12-14-33-15-13-31/h3-4,6,10-11,16,20-21,26H,1-2,5,7-9,12-15H2. The first-order chi connectivity index (χ1) is 16.3. The number of ether oxygens (including phenoxy) is 1. The zero-order valence-corrected chi connectivity index (χ0v) is 18.8. The van der Waals surface area contributed by atoms with E-state index in [9.17, 15) is 0 Å². The molecule has 2 aliphatic heterocycles. The van der Waals surface area contributed by atoms with E-state index < -0.39 is 0 Å². The number of nitrogens with zero attached hydrogens (tertiary/aromatic N) is 6.